The predicted octanol–water partition coefficient (Wildman–Crippen LogP) is 6.06. The molecule has 0 unspecified atom stereocenters. The predicted molar refractivity (Wildman–Crippen MR) is 117 cm³/mol. The first-order valence-corrected chi connectivity index (χ1v) is 9.97. The van der Waals surface area contributed by atoms with E-state index in [0.29, 0.717) is 5.11 Å². The maximum atomic E-state index is 5.47. The number of methoxy groups -OCH3 is 1. The Kier molecular flexibility index (Phi) is 5.22. The minimum absolute atomic E-state index is 0.146. The topological polar surface area (TPSA) is 33.3 Å². The largest absolute Gasteiger partial charge is 0.497 e. The lowest BCUT2D eigenvalue weighted by Crippen LogP contribution is -2.33. The van der Waals surface area contributed by atoms with Gasteiger partial charge in [-0.25, -0.2) is 0 Å². The monoisotopic (exact) mass is 386 g/mol. The van der Waals surface area contributed by atoms with Gasteiger partial charge in [-0.15, -0.1) is 11.8 Å². The highest BCUT2D eigenvalue weighted by molar-refractivity contribution is 8.00. The van der Waals surface area contributed by atoms with Gasteiger partial charge in [0.2, 0.25) is 0 Å². The fourth-order valence-corrected chi connectivity index (χ4v) is 5.53. The molecule has 0 atom stereocenters. The summed E-state index contributed by atoms with van der Waals surface area (Å²) in [5, 5.41) is 7.10. The van der Waals surface area contributed by atoms with Crippen molar-refractivity contribution in [1.29, 1.82) is 0 Å². The zero-order valence-electron chi connectivity index (χ0n) is 16.0. The zero-order valence-corrected chi connectivity index (χ0v) is 17.6. The first-order chi connectivity index (χ1) is 12.2. The van der Waals surface area contributed by atoms with E-state index in [1.54, 1.807) is 7.11 Å². The minimum Gasteiger partial charge on any atom is -0.497 e. The molecular formula is C21H26N2OS2. The van der Waals surface area contributed by atoms with Gasteiger partial charge < -0.3 is 15.4 Å². The van der Waals surface area contributed by atoms with Crippen LogP contribution < -0.4 is 15.4 Å². The lowest BCUT2D eigenvalue weighted by Gasteiger charge is -2.41. The van der Waals surface area contributed by atoms with Crippen molar-refractivity contribution in [3.05, 3.63) is 48.0 Å². The molecule has 1 aliphatic heterocycles. The summed E-state index contributed by atoms with van der Waals surface area (Å²) in [6, 6.07) is 14.3. The standard InChI is InChI=1S/C21H26N2OS2/c1-20(2)13-21(3,4)26-18-11-8-15(12-17(18)20)23-19(25)22-14-6-9-16(24-5)10-7-14/h6-12H,13H2,1-5H3,(H2,22,23,25). The van der Waals surface area contributed by atoms with E-state index in [1.807, 2.05) is 36.0 Å². The van der Waals surface area contributed by atoms with E-state index in [9.17, 15) is 0 Å². The summed E-state index contributed by atoms with van der Waals surface area (Å²) in [7, 11) is 1.66. The van der Waals surface area contributed by atoms with Gasteiger partial charge in [0.05, 0.1) is 7.11 Å². The molecule has 138 valence electrons. The molecule has 0 aromatic heterocycles. The Morgan fingerprint density at radius 3 is 2.27 bits per heavy atom. The van der Waals surface area contributed by atoms with E-state index in [2.05, 4.69) is 56.5 Å². The highest BCUT2D eigenvalue weighted by atomic mass is 32.2. The molecule has 2 N–H and O–H groups in total. The maximum Gasteiger partial charge on any atom is 0.175 e. The summed E-state index contributed by atoms with van der Waals surface area (Å²) >= 11 is 7.43. The molecule has 1 heterocycles. The van der Waals surface area contributed by atoms with Gasteiger partial charge in [-0.1, -0.05) is 27.7 Å². The summed E-state index contributed by atoms with van der Waals surface area (Å²) < 4.78 is 5.44. The molecule has 3 rings (SSSR count). The molecule has 2 aromatic carbocycles. The number of hydrogen-bond acceptors (Lipinski definition) is 3. The minimum atomic E-state index is 0.146. The Labute approximate surface area is 165 Å². The van der Waals surface area contributed by atoms with Crippen molar-refractivity contribution in [1.82, 2.24) is 0 Å². The lowest BCUT2D eigenvalue weighted by atomic mass is 9.77. The first kappa shape index (κ1) is 19.1. The Morgan fingerprint density at radius 2 is 1.62 bits per heavy atom. The second-order valence-corrected chi connectivity index (χ2v) is 10.1. The van der Waals surface area contributed by atoms with Crippen molar-refractivity contribution < 1.29 is 4.74 Å². The van der Waals surface area contributed by atoms with E-state index >= 15 is 0 Å². The summed E-state index contributed by atoms with van der Waals surface area (Å²) in [6.45, 7) is 9.29. The average molecular weight is 387 g/mol. The van der Waals surface area contributed by atoms with Crippen LogP contribution in [0.2, 0.25) is 0 Å². The molecule has 1 aliphatic rings. The van der Waals surface area contributed by atoms with Crippen LogP contribution in [0.4, 0.5) is 11.4 Å². The molecule has 0 aliphatic carbocycles. The summed E-state index contributed by atoms with van der Waals surface area (Å²) in [6.07, 6.45) is 1.15. The fraction of sp³-hybridized carbons (Fsp3) is 0.381. The Bertz CT molecular complexity index is 813. The number of rotatable bonds is 3. The lowest BCUT2D eigenvalue weighted by molar-refractivity contribution is 0.408. The van der Waals surface area contributed by atoms with Gasteiger partial charge in [-0.2, -0.15) is 0 Å². The van der Waals surface area contributed by atoms with Crippen molar-refractivity contribution >= 4 is 40.5 Å². The normalized spacial score (nSPS) is 17.1. The van der Waals surface area contributed by atoms with E-state index in [1.165, 1.54) is 10.5 Å². The van der Waals surface area contributed by atoms with Crippen molar-refractivity contribution in [2.24, 2.45) is 0 Å². The third kappa shape index (κ3) is 4.33. The number of ether oxygens (including phenoxy) is 1. The van der Waals surface area contributed by atoms with Gasteiger partial charge in [0.15, 0.2) is 5.11 Å². The maximum absolute atomic E-state index is 5.47. The van der Waals surface area contributed by atoms with Gasteiger partial charge in [0, 0.05) is 21.0 Å². The third-order valence-corrected chi connectivity index (χ3v) is 6.05. The smallest absolute Gasteiger partial charge is 0.175 e. The van der Waals surface area contributed by atoms with Gasteiger partial charge in [0.1, 0.15) is 5.75 Å². The van der Waals surface area contributed by atoms with Crippen LogP contribution in [0.25, 0.3) is 0 Å². The van der Waals surface area contributed by atoms with Gasteiger partial charge in [-0.3, -0.25) is 0 Å². The van der Waals surface area contributed by atoms with Crippen molar-refractivity contribution in [2.45, 2.75) is 49.2 Å². The van der Waals surface area contributed by atoms with Crippen LogP contribution in [0.1, 0.15) is 39.7 Å². The van der Waals surface area contributed by atoms with Crippen LogP contribution >= 0.6 is 24.0 Å². The Balaban J connectivity index is 1.73. The number of anilines is 2. The molecule has 2 aromatic rings. The fourth-order valence-electron chi connectivity index (χ4n) is 3.69. The molecule has 0 radical (unpaired) electrons. The van der Waals surface area contributed by atoms with Crippen LogP contribution in [0, 0.1) is 0 Å². The van der Waals surface area contributed by atoms with E-state index < -0.39 is 0 Å². The molecule has 0 saturated carbocycles. The number of hydrogen-bond donors (Lipinski definition) is 2. The van der Waals surface area contributed by atoms with Gasteiger partial charge >= 0.3 is 0 Å². The molecule has 3 nitrogen and oxygen atoms in total. The molecular weight excluding hydrogens is 360 g/mol. The molecule has 0 spiro atoms. The summed E-state index contributed by atoms with van der Waals surface area (Å²) in [5.74, 6) is 0.826. The van der Waals surface area contributed by atoms with Crippen LogP contribution in [-0.2, 0) is 5.41 Å². The van der Waals surface area contributed by atoms with Crippen molar-refractivity contribution in [3.8, 4) is 5.75 Å². The highest BCUT2D eigenvalue weighted by Gasteiger charge is 2.38. The van der Waals surface area contributed by atoms with Crippen LogP contribution in [-0.4, -0.2) is 17.0 Å². The average Bonchev–Trinajstić information content (AvgIpc) is 2.54. The molecule has 0 amide bonds. The molecule has 26 heavy (non-hydrogen) atoms. The first-order valence-electron chi connectivity index (χ1n) is 8.74. The molecule has 0 fully saturated rings. The molecule has 5 heteroatoms. The number of thioether (sulfide) groups is 1. The highest BCUT2D eigenvalue weighted by Crippen LogP contribution is 2.51. The molecule has 0 saturated heterocycles. The van der Waals surface area contributed by atoms with E-state index in [4.69, 9.17) is 17.0 Å². The Morgan fingerprint density at radius 1 is 1.00 bits per heavy atom. The van der Waals surface area contributed by atoms with Crippen LogP contribution in [0.15, 0.2) is 47.4 Å². The second-order valence-electron chi connectivity index (χ2n) is 7.94. The number of thiocarbonyl (C=S) groups is 1. The number of nitrogens with one attached hydrogen (secondary N) is 2. The zero-order chi connectivity index (χ0) is 18.9. The van der Waals surface area contributed by atoms with Crippen molar-refractivity contribution in [2.75, 3.05) is 17.7 Å². The van der Waals surface area contributed by atoms with E-state index in [-0.39, 0.29) is 10.2 Å². The van der Waals surface area contributed by atoms with Gasteiger partial charge in [0.25, 0.3) is 0 Å². The van der Waals surface area contributed by atoms with Crippen LogP contribution in [0.5, 0.6) is 5.75 Å². The Hall–Kier alpha value is -1.72. The van der Waals surface area contributed by atoms with Crippen molar-refractivity contribution in [3.63, 3.8) is 0 Å². The SMILES string of the molecule is COc1ccc(NC(=S)Nc2ccc3c(c2)C(C)(C)CC(C)(C)S3)cc1. The molecule has 0 bridgehead atoms. The number of benzene rings is 2. The summed E-state index contributed by atoms with van der Waals surface area (Å²) in [4.78, 5) is 1.37. The van der Waals surface area contributed by atoms with Gasteiger partial charge in [-0.05, 0) is 72.1 Å². The third-order valence-electron chi connectivity index (χ3n) is 4.57. The quantitative estimate of drug-likeness (QED) is 0.627. The number of fused-ring (bicyclic) bond motifs is 1. The second kappa shape index (κ2) is 7.12. The summed E-state index contributed by atoms with van der Waals surface area (Å²) in [5.41, 5.74) is 3.48. The van der Waals surface area contributed by atoms with Crippen LogP contribution in [0.3, 0.4) is 0 Å². The van der Waals surface area contributed by atoms with E-state index in [0.717, 1.165) is 23.5 Å².